The number of hydrogen-bond acceptors (Lipinski definition) is 0. The van der Waals surface area contributed by atoms with E-state index in [2.05, 4.69) is 394 Å². The lowest BCUT2D eigenvalue weighted by Crippen LogP contribution is -2.74. The van der Waals surface area contributed by atoms with Gasteiger partial charge in [-0.05, 0) is 139 Å². The van der Waals surface area contributed by atoms with Gasteiger partial charge in [-0.1, -0.05) is 279 Å². The number of rotatable bonds is 12. The Labute approximate surface area is 558 Å². The number of fused-ring (bicyclic) bond motifs is 12. The van der Waals surface area contributed by atoms with Crippen LogP contribution < -0.4 is 41.5 Å². The Hall–Kier alpha value is -12.1. The standard InChI is InChI=1S/C90H62N4Si2/c1-5-32-67(33-6-1)95(68-34-7-2-8-35-68,71-40-25-29-63(59-71)91-81-49-19-13-43-74(81)75-44-14-20-50-82(75)91)72-41-26-30-64(60-72)93-85-53-23-17-47-78(85)80-62-66(57-58-87(80)93)94-86-54-24-18-48-79(86)90-88(94)55-28-56-89(90)96(69-36-9-3-10-37-69,70-38-11-4-12-39-70)73-42-27-31-65(61-73)92-83-51-21-15-45-76(83)77-46-16-22-52-84(77)92/h1-62H. The molecule has 0 saturated carbocycles. The molecule has 4 nitrogen and oxygen atoms in total. The van der Waals surface area contributed by atoms with Crippen LogP contribution in [0.4, 0.5) is 0 Å². The van der Waals surface area contributed by atoms with Crippen LogP contribution in [-0.2, 0) is 0 Å². The maximum absolute atomic E-state index is 3.21. The minimum Gasteiger partial charge on any atom is -0.309 e. The lowest BCUT2D eigenvalue weighted by Gasteiger charge is -2.35. The van der Waals surface area contributed by atoms with Gasteiger partial charge in [0.2, 0.25) is 0 Å². The molecule has 0 N–H and O–H groups in total. The molecule has 0 aliphatic rings. The van der Waals surface area contributed by atoms with Crippen molar-refractivity contribution in [2.75, 3.05) is 0 Å². The van der Waals surface area contributed by atoms with E-state index in [-0.39, 0.29) is 0 Å². The molecule has 0 spiro atoms. The van der Waals surface area contributed by atoms with Crippen LogP contribution in [0, 0.1) is 0 Å². The second-order valence-corrected chi connectivity index (χ2v) is 33.0. The van der Waals surface area contributed by atoms with E-state index >= 15 is 0 Å². The van der Waals surface area contributed by atoms with E-state index in [1.165, 1.54) is 118 Å². The van der Waals surface area contributed by atoms with Crippen molar-refractivity contribution in [2.45, 2.75) is 0 Å². The molecule has 0 amide bonds. The third kappa shape index (κ3) is 8.26. The van der Waals surface area contributed by atoms with Crippen molar-refractivity contribution >= 4 is 145 Å². The fourth-order valence-corrected chi connectivity index (χ4v) is 26.6. The van der Waals surface area contributed by atoms with E-state index in [0.717, 1.165) is 33.8 Å². The summed E-state index contributed by atoms with van der Waals surface area (Å²) in [5.74, 6) is 0. The van der Waals surface area contributed by atoms with E-state index < -0.39 is 16.1 Å². The number of hydrogen-bond donors (Lipinski definition) is 0. The van der Waals surface area contributed by atoms with Crippen LogP contribution >= 0.6 is 0 Å². The first-order chi connectivity index (χ1) is 47.7. The number of nitrogens with zero attached hydrogens (tertiary/aromatic N) is 4. The van der Waals surface area contributed by atoms with Crippen molar-refractivity contribution in [1.29, 1.82) is 0 Å². The largest absolute Gasteiger partial charge is 0.309 e. The van der Waals surface area contributed by atoms with Crippen LogP contribution in [0.5, 0.6) is 0 Å². The number of aromatic nitrogens is 4. The summed E-state index contributed by atoms with van der Waals surface area (Å²) in [5.41, 5.74) is 14.0. The van der Waals surface area contributed by atoms with Crippen molar-refractivity contribution in [2.24, 2.45) is 0 Å². The Kier molecular flexibility index (Phi) is 12.9. The van der Waals surface area contributed by atoms with Gasteiger partial charge < -0.3 is 18.3 Å². The summed E-state index contributed by atoms with van der Waals surface area (Å²) in [6.45, 7) is 0. The zero-order valence-corrected chi connectivity index (χ0v) is 54.6. The molecule has 15 aromatic carbocycles. The third-order valence-corrected chi connectivity index (χ3v) is 30.2. The van der Waals surface area contributed by atoms with Gasteiger partial charge in [0, 0.05) is 65.8 Å². The average molecular weight is 1260 g/mol. The minimum absolute atomic E-state index is 1.12. The molecule has 0 bridgehead atoms. The summed E-state index contributed by atoms with van der Waals surface area (Å²) >= 11 is 0. The summed E-state index contributed by atoms with van der Waals surface area (Å²) in [7, 11) is -6.31. The summed E-state index contributed by atoms with van der Waals surface area (Å²) < 4.78 is 9.98. The van der Waals surface area contributed by atoms with E-state index in [9.17, 15) is 0 Å². The van der Waals surface area contributed by atoms with Crippen LogP contribution in [-0.4, -0.2) is 34.4 Å². The van der Waals surface area contributed by atoms with Gasteiger partial charge >= 0.3 is 0 Å². The molecule has 19 rings (SSSR count). The molecule has 0 saturated heterocycles. The Morgan fingerprint density at radius 3 is 0.812 bits per heavy atom. The Morgan fingerprint density at radius 1 is 0.156 bits per heavy atom. The van der Waals surface area contributed by atoms with Gasteiger partial charge in [0.15, 0.2) is 16.1 Å². The summed E-state index contributed by atoms with van der Waals surface area (Å²) in [6.07, 6.45) is 0. The molecule has 450 valence electrons. The van der Waals surface area contributed by atoms with Gasteiger partial charge in [-0.25, -0.2) is 0 Å². The highest BCUT2D eigenvalue weighted by Gasteiger charge is 2.45. The molecule has 0 aliphatic heterocycles. The lowest BCUT2D eigenvalue weighted by molar-refractivity contribution is 1.17. The Morgan fingerprint density at radius 2 is 0.417 bits per heavy atom. The quantitative estimate of drug-likeness (QED) is 0.0858. The molecule has 0 aliphatic carbocycles. The van der Waals surface area contributed by atoms with Crippen molar-refractivity contribution < 1.29 is 0 Å². The predicted octanol–water partition coefficient (Wildman–Crippen LogP) is 16.8. The first-order valence-corrected chi connectivity index (χ1v) is 37.2. The smallest absolute Gasteiger partial charge is 0.180 e. The van der Waals surface area contributed by atoms with Gasteiger partial charge in [0.1, 0.15) is 0 Å². The van der Waals surface area contributed by atoms with E-state index in [1.807, 2.05) is 0 Å². The molecular weight excluding hydrogens is 1190 g/mol. The van der Waals surface area contributed by atoms with Gasteiger partial charge in [0.25, 0.3) is 0 Å². The Bertz CT molecular complexity index is 6030. The Balaban J connectivity index is 0.812. The second-order valence-electron chi connectivity index (χ2n) is 25.5. The topological polar surface area (TPSA) is 19.7 Å². The van der Waals surface area contributed by atoms with Crippen LogP contribution in [0.15, 0.2) is 376 Å². The molecule has 0 atom stereocenters. The van der Waals surface area contributed by atoms with Crippen LogP contribution in [0.25, 0.3) is 110 Å². The van der Waals surface area contributed by atoms with Crippen molar-refractivity contribution in [3.8, 4) is 22.7 Å². The predicted molar refractivity (Wildman–Crippen MR) is 411 cm³/mol. The summed E-state index contributed by atoms with van der Waals surface area (Å²) in [5, 5.41) is 20.5. The van der Waals surface area contributed by atoms with Gasteiger partial charge in [-0.2, -0.15) is 0 Å². The molecule has 0 radical (unpaired) electrons. The highest BCUT2D eigenvalue weighted by atomic mass is 28.3. The first-order valence-electron chi connectivity index (χ1n) is 33.2. The van der Waals surface area contributed by atoms with Crippen LogP contribution in [0.2, 0.25) is 0 Å². The van der Waals surface area contributed by atoms with Gasteiger partial charge in [0.05, 0.1) is 44.1 Å². The van der Waals surface area contributed by atoms with Crippen molar-refractivity contribution in [3.05, 3.63) is 376 Å². The van der Waals surface area contributed by atoms with E-state index in [1.54, 1.807) is 0 Å². The van der Waals surface area contributed by atoms with Crippen LogP contribution in [0.1, 0.15) is 0 Å². The maximum Gasteiger partial charge on any atom is 0.180 e. The molecule has 4 heterocycles. The van der Waals surface area contributed by atoms with Gasteiger partial charge in [-0.3, -0.25) is 0 Å². The number of para-hydroxylation sites is 6. The zero-order chi connectivity index (χ0) is 63.3. The normalized spacial score (nSPS) is 12.2. The molecular formula is C90H62N4Si2. The summed E-state index contributed by atoms with van der Waals surface area (Å²) in [6, 6.07) is 142. The molecule has 0 unspecified atom stereocenters. The van der Waals surface area contributed by atoms with Crippen molar-refractivity contribution in [3.63, 3.8) is 0 Å². The fraction of sp³-hybridized carbons (Fsp3) is 0. The third-order valence-electron chi connectivity index (χ3n) is 20.6. The van der Waals surface area contributed by atoms with E-state index in [4.69, 9.17) is 0 Å². The van der Waals surface area contributed by atoms with Gasteiger partial charge in [-0.15, -0.1) is 0 Å². The molecule has 6 heteroatoms. The lowest BCUT2D eigenvalue weighted by atomic mass is 10.1. The highest BCUT2D eigenvalue weighted by Crippen LogP contribution is 2.39. The molecule has 19 aromatic rings. The molecule has 4 aromatic heterocycles. The zero-order valence-electron chi connectivity index (χ0n) is 52.6. The minimum atomic E-state index is -3.21. The monoisotopic (exact) mass is 1250 g/mol. The maximum atomic E-state index is 2.54. The molecule has 96 heavy (non-hydrogen) atoms. The average Bonchev–Trinajstić information content (AvgIpc) is 1.34. The molecule has 0 fully saturated rings. The summed E-state index contributed by atoms with van der Waals surface area (Å²) in [4.78, 5) is 0. The SMILES string of the molecule is c1ccc([Si](c2ccccc2)(c2cccc(-n3c4ccccc4c4ccccc43)c2)c2cccc(-n3c4ccccc4c4cc(-n5c6ccccc6c6c([Si](c7ccccc7)(c7ccccc7)c7cccc(-n8c9ccccc9c9ccccc98)c7)cccc65)ccc43)c2)cc1. The van der Waals surface area contributed by atoms with Crippen molar-refractivity contribution in [1.82, 2.24) is 18.3 Å². The van der Waals surface area contributed by atoms with E-state index in [0.29, 0.717) is 0 Å². The highest BCUT2D eigenvalue weighted by molar-refractivity contribution is 7.21. The number of benzene rings is 15. The first kappa shape index (κ1) is 55.6. The second kappa shape index (κ2) is 22.3. The fourth-order valence-electron chi connectivity index (χ4n) is 16.7. The van der Waals surface area contributed by atoms with Crippen LogP contribution in [0.3, 0.4) is 0 Å².